The van der Waals surface area contributed by atoms with Gasteiger partial charge < -0.3 is 9.47 Å². The molecule has 0 aliphatic carbocycles. The first kappa shape index (κ1) is 15.3. The van der Waals surface area contributed by atoms with Crippen LogP contribution < -0.4 is 0 Å². The van der Waals surface area contributed by atoms with E-state index in [0.29, 0.717) is 22.0 Å². The molecule has 0 amide bonds. The smallest absolute Gasteiger partial charge is 0.205 e. The standard InChI is InChI=1S/C16H13BrCl2O2/c17-10-16(11-4-2-1-3-5-11)20-9-15(21-16)13-7-6-12(18)8-14(13)19/h1-8,15H,9-10H2. The van der Waals surface area contributed by atoms with Gasteiger partial charge in [-0.3, -0.25) is 0 Å². The molecule has 2 aromatic carbocycles. The second-order valence-electron chi connectivity index (χ2n) is 4.84. The van der Waals surface area contributed by atoms with Crippen molar-refractivity contribution in [2.75, 3.05) is 11.9 Å². The number of ether oxygens (including phenoxy) is 2. The third-order valence-electron chi connectivity index (χ3n) is 3.50. The van der Waals surface area contributed by atoms with Gasteiger partial charge in [-0.2, -0.15) is 0 Å². The van der Waals surface area contributed by atoms with E-state index in [9.17, 15) is 0 Å². The lowest BCUT2D eigenvalue weighted by atomic mass is 10.1. The zero-order valence-electron chi connectivity index (χ0n) is 11.1. The van der Waals surface area contributed by atoms with Gasteiger partial charge in [-0.1, -0.05) is 75.5 Å². The van der Waals surface area contributed by atoms with Crippen molar-refractivity contribution in [2.45, 2.75) is 11.9 Å². The summed E-state index contributed by atoms with van der Waals surface area (Å²) in [5.41, 5.74) is 1.87. The highest BCUT2D eigenvalue weighted by Gasteiger charge is 2.43. The van der Waals surface area contributed by atoms with Crippen molar-refractivity contribution in [3.8, 4) is 0 Å². The summed E-state index contributed by atoms with van der Waals surface area (Å²) in [4.78, 5) is 0. The normalized spacial score (nSPS) is 25.2. The van der Waals surface area contributed by atoms with Gasteiger partial charge >= 0.3 is 0 Å². The Morgan fingerprint density at radius 3 is 2.57 bits per heavy atom. The van der Waals surface area contributed by atoms with Crippen molar-refractivity contribution < 1.29 is 9.47 Å². The maximum atomic E-state index is 6.26. The van der Waals surface area contributed by atoms with Crippen LogP contribution in [0.4, 0.5) is 0 Å². The fourth-order valence-corrected chi connectivity index (χ4v) is 3.56. The van der Waals surface area contributed by atoms with Gasteiger partial charge in [0.15, 0.2) is 0 Å². The lowest BCUT2D eigenvalue weighted by Gasteiger charge is -2.26. The number of halogens is 3. The number of rotatable bonds is 3. The van der Waals surface area contributed by atoms with Crippen LogP contribution in [0, 0.1) is 0 Å². The lowest BCUT2D eigenvalue weighted by Crippen LogP contribution is -2.29. The second kappa shape index (κ2) is 6.27. The lowest BCUT2D eigenvalue weighted by molar-refractivity contribution is -0.157. The van der Waals surface area contributed by atoms with E-state index in [0.717, 1.165) is 11.1 Å². The molecule has 0 N–H and O–H groups in total. The number of hydrogen-bond donors (Lipinski definition) is 0. The zero-order chi connectivity index (χ0) is 14.9. The third kappa shape index (κ3) is 2.99. The first-order valence-electron chi connectivity index (χ1n) is 6.53. The van der Waals surface area contributed by atoms with Gasteiger partial charge in [0, 0.05) is 21.2 Å². The van der Waals surface area contributed by atoms with Crippen molar-refractivity contribution in [1.29, 1.82) is 0 Å². The van der Waals surface area contributed by atoms with Crippen molar-refractivity contribution in [3.05, 3.63) is 69.7 Å². The predicted molar refractivity (Wildman–Crippen MR) is 88.2 cm³/mol. The Kier molecular flexibility index (Phi) is 4.57. The molecule has 1 saturated heterocycles. The molecule has 1 aliphatic heterocycles. The van der Waals surface area contributed by atoms with Gasteiger partial charge in [-0.05, 0) is 12.1 Å². The topological polar surface area (TPSA) is 18.5 Å². The number of hydrogen-bond acceptors (Lipinski definition) is 2. The van der Waals surface area contributed by atoms with Gasteiger partial charge in [0.2, 0.25) is 5.79 Å². The summed E-state index contributed by atoms with van der Waals surface area (Å²) in [6.45, 7) is 0.446. The molecule has 2 unspecified atom stereocenters. The summed E-state index contributed by atoms with van der Waals surface area (Å²) in [7, 11) is 0. The molecule has 2 atom stereocenters. The molecular formula is C16H13BrCl2O2. The summed E-state index contributed by atoms with van der Waals surface area (Å²) < 4.78 is 12.2. The van der Waals surface area contributed by atoms with Gasteiger partial charge in [0.1, 0.15) is 6.10 Å². The average Bonchev–Trinajstić information content (AvgIpc) is 2.94. The quantitative estimate of drug-likeness (QED) is 0.662. The molecule has 0 aromatic heterocycles. The van der Waals surface area contributed by atoms with E-state index in [-0.39, 0.29) is 6.10 Å². The van der Waals surface area contributed by atoms with Gasteiger partial charge in [0.25, 0.3) is 0 Å². The molecule has 2 nitrogen and oxygen atoms in total. The molecule has 3 rings (SSSR count). The van der Waals surface area contributed by atoms with Crippen molar-refractivity contribution in [2.24, 2.45) is 0 Å². The fraction of sp³-hybridized carbons (Fsp3) is 0.250. The first-order chi connectivity index (χ1) is 10.1. The van der Waals surface area contributed by atoms with Crippen LogP contribution in [0.3, 0.4) is 0 Å². The molecule has 1 heterocycles. The first-order valence-corrected chi connectivity index (χ1v) is 8.40. The highest BCUT2D eigenvalue weighted by atomic mass is 79.9. The maximum absolute atomic E-state index is 6.26. The van der Waals surface area contributed by atoms with E-state index in [1.807, 2.05) is 42.5 Å². The van der Waals surface area contributed by atoms with Crippen LogP contribution in [0.15, 0.2) is 48.5 Å². The molecular weight excluding hydrogens is 375 g/mol. The van der Waals surface area contributed by atoms with Crippen molar-refractivity contribution in [3.63, 3.8) is 0 Å². The largest absolute Gasteiger partial charge is 0.342 e. The van der Waals surface area contributed by atoms with Crippen LogP contribution in [-0.4, -0.2) is 11.9 Å². The Balaban J connectivity index is 1.90. The number of benzene rings is 2. The van der Waals surface area contributed by atoms with E-state index in [4.69, 9.17) is 32.7 Å². The molecule has 1 aliphatic rings. The fourth-order valence-electron chi connectivity index (χ4n) is 2.41. The summed E-state index contributed by atoms with van der Waals surface area (Å²) in [5, 5.41) is 1.75. The SMILES string of the molecule is Clc1ccc(C2COC(CBr)(c3ccccc3)O2)c(Cl)c1. The Labute approximate surface area is 142 Å². The predicted octanol–water partition coefficient (Wildman–Crippen LogP) is 5.33. The van der Waals surface area contributed by atoms with Crippen molar-refractivity contribution in [1.82, 2.24) is 0 Å². The average molecular weight is 388 g/mol. The third-order valence-corrected chi connectivity index (χ3v) is 4.80. The Bertz CT molecular complexity index is 635. The molecule has 21 heavy (non-hydrogen) atoms. The minimum atomic E-state index is -0.783. The van der Waals surface area contributed by atoms with E-state index >= 15 is 0 Å². The Hall–Kier alpha value is -0.580. The highest BCUT2D eigenvalue weighted by Crippen LogP contribution is 2.43. The zero-order valence-corrected chi connectivity index (χ0v) is 14.2. The van der Waals surface area contributed by atoms with E-state index in [1.54, 1.807) is 6.07 Å². The van der Waals surface area contributed by atoms with Crippen LogP contribution in [0.2, 0.25) is 10.0 Å². The number of alkyl halides is 1. The van der Waals surface area contributed by atoms with Gasteiger partial charge in [-0.15, -0.1) is 0 Å². The van der Waals surface area contributed by atoms with Crippen LogP contribution in [0.25, 0.3) is 0 Å². The summed E-state index contributed by atoms with van der Waals surface area (Å²) in [6, 6.07) is 15.3. The Morgan fingerprint density at radius 2 is 1.90 bits per heavy atom. The highest BCUT2D eigenvalue weighted by molar-refractivity contribution is 9.09. The van der Waals surface area contributed by atoms with Crippen LogP contribution in [0.5, 0.6) is 0 Å². The molecule has 2 aromatic rings. The van der Waals surface area contributed by atoms with Gasteiger partial charge in [-0.25, -0.2) is 0 Å². The summed E-state index contributed by atoms with van der Waals surface area (Å²) in [5.74, 6) is -0.783. The Morgan fingerprint density at radius 1 is 1.14 bits per heavy atom. The molecule has 0 bridgehead atoms. The van der Waals surface area contributed by atoms with Crippen LogP contribution >= 0.6 is 39.1 Å². The molecule has 1 fully saturated rings. The molecule has 110 valence electrons. The molecule has 0 radical (unpaired) electrons. The van der Waals surface area contributed by atoms with Crippen LogP contribution in [0.1, 0.15) is 17.2 Å². The van der Waals surface area contributed by atoms with E-state index in [1.165, 1.54) is 0 Å². The summed E-state index contributed by atoms with van der Waals surface area (Å²) >= 11 is 15.7. The monoisotopic (exact) mass is 386 g/mol. The minimum absolute atomic E-state index is 0.215. The van der Waals surface area contributed by atoms with Gasteiger partial charge in [0.05, 0.1) is 11.9 Å². The van der Waals surface area contributed by atoms with E-state index < -0.39 is 5.79 Å². The minimum Gasteiger partial charge on any atom is -0.342 e. The molecule has 5 heteroatoms. The molecule has 0 saturated carbocycles. The van der Waals surface area contributed by atoms with E-state index in [2.05, 4.69) is 15.9 Å². The summed E-state index contributed by atoms with van der Waals surface area (Å²) in [6.07, 6.45) is -0.215. The second-order valence-corrected chi connectivity index (χ2v) is 6.24. The van der Waals surface area contributed by atoms with Crippen LogP contribution in [-0.2, 0) is 15.3 Å². The molecule has 0 spiro atoms. The van der Waals surface area contributed by atoms with Crippen molar-refractivity contribution >= 4 is 39.1 Å². The maximum Gasteiger partial charge on any atom is 0.205 e.